The van der Waals surface area contributed by atoms with Gasteiger partial charge in [0, 0.05) is 38.3 Å². The Kier molecular flexibility index (Phi) is 8.27. The van der Waals surface area contributed by atoms with Crippen LogP contribution >= 0.6 is 0 Å². The first-order valence-corrected chi connectivity index (χ1v) is 12.9. The highest BCUT2D eigenvalue weighted by molar-refractivity contribution is 6.14. The van der Waals surface area contributed by atoms with Crippen LogP contribution in [-0.4, -0.2) is 97.6 Å². The third-order valence-corrected chi connectivity index (χ3v) is 9.20. The van der Waals surface area contributed by atoms with Crippen molar-refractivity contribution in [3.63, 3.8) is 0 Å². The number of aliphatic hydroxyl groups excluding tert-OH is 1. The van der Waals surface area contributed by atoms with E-state index < -0.39 is 54.0 Å². The van der Waals surface area contributed by atoms with Crippen LogP contribution in [0.25, 0.3) is 0 Å². The summed E-state index contributed by atoms with van der Waals surface area (Å²) in [6, 6.07) is -3.18. The van der Waals surface area contributed by atoms with Crippen molar-refractivity contribution in [3.05, 3.63) is 11.5 Å². The number of rotatable bonds is 6. The largest absolute Gasteiger partial charge is 0.491 e. The molecular formula is C25H40N4O8. The molecule has 0 spiro atoms. The maximum Gasteiger partial charge on any atom is 0.320 e. The van der Waals surface area contributed by atoms with Crippen LogP contribution < -0.4 is 22.1 Å². The highest BCUT2D eigenvalue weighted by Crippen LogP contribution is 2.43. The minimum atomic E-state index is -1.01. The predicted octanol–water partition coefficient (Wildman–Crippen LogP) is -1.50. The second-order valence-electron chi connectivity index (χ2n) is 10.8. The number of nitrogens with two attached hydrogens (primary N) is 2. The Morgan fingerprint density at radius 3 is 2.32 bits per heavy atom. The second kappa shape index (κ2) is 11.0. The second-order valence-corrected chi connectivity index (χ2v) is 10.8. The average Bonchev–Trinajstić information content (AvgIpc) is 2.88. The number of aliphatic carboxylic acids is 1. The van der Waals surface area contributed by atoms with Crippen LogP contribution in [0.5, 0.6) is 0 Å². The number of carboxylic acid groups (broad SMARTS) is 1. The molecule has 2 aliphatic heterocycles. The predicted molar refractivity (Wildman–Crippen MR) is 131 cm³/mol. The van der Waals surface area contributed by atoms with Gasteiger partial charge in [0.25, 0.3) is 0 Å². The number of carboxylic acids is 1. The van der Waals surface area contributed by atoms with Gasteiger partial charge < -0.3 is 41.2 Å². The maximum atomic E-state index is 13.0. The van der Waals surface area contributed by atoms with Crippen LogP contribution in [0.4, 0.5) is 0 Å². The summed E-state index contributed by atoms with van der Waals surface area (Å²) in [7, 11) is 4.42. The molecule has 0 aromatic heterocycles. The number of fused-ring (bicyclic) bond motifs is 1. The Balaban J connectivity index is 1.61. The molecule has 4 rings (SSSR count). The summed E-state index contributed by atoms with van der Waals surface area (Å²) in [5.74, 6) is -3.46. The number of Topliss-reactive ketones (excluding diaryl/α,β-unsaturated/α-hetero) is 2. The molecule has 2 aliphatic carbocycles. The molecule has 12 heteroatoms. The van der Waals surface area contributed by atoms with Crippen LogP contribution in [0.1, 0.15) is 32.6 Å². The summed E-state index contributed by atoms with van der Waals surface area (Å²) < 4.78 is 16.2. The Bertz CT molecular complexity index is 944. The Hall–Kier alpha value is -2.09. The number of aliphatic hydroxyl groups is 1. The normalized spacial score (nSPS) is 44.9. The minimum Gasteiger partial charge on any atom is -0.491 e. The van der Waals surface area contributed by atoms with Crippen molar-refractivity contribution in [2.45, 2.75) is 81.1 Å². The summed E-state index contributed by atoms with van der Waals surface area (Å²) >= 11 is 0. The first-order valence-electron chi connectivity index (χ1n) is 12.9. The first-order chi connectivity index (χ1) is 17.6. The number of piperidine rings is 2. The Morgan fingerprint density at radius 2 is 1.73 bits per heavy atom. The van der Waals surface area contributed by atoms with E-state index in [1.807, 2.05) is 6.92 Å². The van der Waals surface area contributed by atoms with Crippen molar-refractivity contribution in [2.24, 2.45) is 35.1 Å². The van der Waals surface area contributed by atoms with E-state index in [2.05, 4.69) is 10.6 Å². The molecule has 12 nitrogen and oxygen atoms in total. The smallest absolute Gasteiger partial charge is 0.320 e. The fourth-order valence-corrected chi connectivity index (χ4v) is 7.33. The van der Waals surface area contributed by atoms with Gasteiger partial charge in [0.2, 0.25) is 5.78 Å². The van der Waals surface area contributed by atoms with Gasteiger partial charge in [0.05, 0.1) is 25.4 Å². The summed E-state index contributed by atoms with van der Waals surface area (Å²) in [5.41, 5.74) is 12.6. The number of carbonyl (C=O) groups is 3. The molecule has 0 radical (unpaired) electrons. The lowest BCUT2D eigenvalue weighted by Crippen LogP contribution is -2.73. The molecule has 0 aromatic carbocycles. The molecule has 0 amide bonds. The SMILES string of the molecule is COC1=C(N)C(=O)C2NC(C3NC(C(=O)O)C(C)C(C4CCC(OC)C(OC)C4O)C3N)CCC2C1=O. The van der Waals surface area contributed by atoms with E-state index in [0.717, 1.165) is 0 Å². The number of nitrogens with one attached hydrogen (secondary N) is 2. The van der Waals surface area contributed by atoms with Gasteiger partial charge in [-0.15, -0.1) is 0 Å². The molecular weight excluding hydrogens is 484 g/mol. The van der Waals surface area contributed by atoms with Crippen molar-refractivity contribution in [3.8, 4) is 0 Å². The van der Waals surface area contributed by atoms with Crippen molar-refractivity contribution >= 4 is 17.5 Å². The Morgan fingerprint density at radius 1 is 1.03 bits per heavy atom. The van der Waals surface area contributed by atoms with Gasteiger partial charge in [-0.05, 0) is 43.4 Å². The highest BCUT2D eigenvalue weighted by Gasteiger charge is 2.55. The van der Waals surface area contributed by atoms with Gasteiger partial charge in [-0.1, -0.05) is 6.92 Å². The molecule has 0 aromatic rings. The first kappa shape index (κ1) is 27.9. The van der Waals surface area contributed by atoms with Crippen LogP contribution in [0.2, 0.25) is 0 Å². The molecule has 2 saturated heterocycles. The number of methoxy groups -OCH3 is 3. The standard InChI is InChI=1S/C25H40N4O8/c1-9-14(10-6-8-13(35-2)23(36-3)20(10)30)15(26)19(29-17(9)25(33)34)12-7-5-11-18(28-12)22(32)16(27)24(37-4)21(11)31/h9-15,17-20,23,28-30H,5-8,26-27H2,1-4H3,(H,33,34). The molecule has 2 heterocycles. The lowest BCUT2D eigenvalue weighted by atomic mass is 9.62. The number of carbonyl (C=O) groups excluding carboxylic acids is 2. The maximum absolute atomic E-state index is 13.0. The van der Waals surface area contributed by atoms with Crippen LogP contribution in [0, 0.1) is 23.7 Å². The summed E-state index contributed by atoms with van der Waals surface area (Å²) in [6.45, 7) is 1.84. The van der Waals surface area contributed by atoms with Crippen LogP contribution in [0.3, 0.4) is 0 Å². The van der Waals surface area contributed by atoms with E-state index in [4.69, 9.17) is 25.7 Å². The zero-order valence-corrected chi connectivity index (χ0v) is 21.8. The minimum absolute atomic E-state index is 0.104. The van der Waals surface area contributed by atoms with Gasteiger partial charge in [-0.25, -0.2) is 0 Å². The van der Waals surface area contributed by atoms with Crippen molar-refractivity contribution in [1.29, 1.82) is 0 Å². The Labute approximate surface area is 216 Å². The quantitative estimate of drug-likeness (QED) is 0.236. The molecule has 3 fully saturated rings. The van der Waals surface area contributed by atoms with Gasteiger partial charge in [-0.3, -0.25) is 19.7 Å². The lowest BCUT2D eigenvalue weighted by molar-refractivity contribution is -0.161. The summed E-state index contributed by atoms with van der Waals surface area (Å²) in [5, 5.41) is 27.8. The van der Waals surface area contributed by atoms with E-state index in [9.17, 15) is 24.6 Å². The third-order valence-electron chi connectivity index (χ3n) is 9.20. The molecule has 4 aliphatic rings. The van der Waals surface area contributed by atoms with Gasteiger partial charge >= 0.3 is 5.97 Å². The average molecular weight is 525 g/mol. The van der Waals surface area contributed by atoms with E-state index >= 15 is 0 Å². The fourth-order valence-electron chi connectivity index (χ4n) is 7.33. The summed E-state index contributed by atoms with van der Waals surface area (Å²) in [6.07, 6.45) is 0.463. The van der Waals surface area contributed by atoms with E-state index in [0.29, 0.717) is 25.7 Å². The van der Waals surface area contributed by atoms with E-state index in [1.54, 1.807) is 7.11 Å². The molecule has 8 N–H and O–H groups in total. The van der Waals surface area contributed by atoms with Gasteiger partial charge in [0.15, 0.2) is 11.5 Å². The molecule has 12 unspecified atom stereocenters. The van der Waals surface area contributed by atoms with Crippen LogP contribution in [-0.2, 0) is 28.6 Å². The number of ether oxygens (including phenoxy) is 3. The van der Waals surface area contributed by atoms with E-state index in [-0.39, 0.29) is 47.1 Å². The summed E-state index contributed by atoms with van der Waals surface area (Å²) in [4.78, 5) is 38.2. The zero-order valence-electron chi connectivity index (χ0n) is 21.8. The highest BCUT2D eigenvalue weighted by atomic mass is 16.5. The molecule has 37 heavy (non-hydrogen) atoms. The van der Waals surface area contributed by atoms with Gasteiger partial charge in [0.1, 0.15) is 17.8 Å². The number of hydrogen-bond acceptors (Lipinski definition) is 11. The van der Waals surface area contributed by atoms with Crippen molar-refractivity contribution in [1.82, 2.24) is 10.6 Å². The zero-order chi connectivity index (χ0) is 27.2. The molecule has 1 saturated carbocycles. The molecule has 208 valence electrons. The number of ketones is 2. The fraction of sp³-hybridized carbons (Fsp3) is 0.800. The van der Waals surface area contributed by atoms with Crippen molar-refractivity contribution in [2.75, 3.05) is 21.3 Å². The monoisotopic (exact) mass is 524 g/mol. The number of hydrogen-bond donors (Lipinski definition) is 6. The van der Waals surface area contributed by atoms with Crippen LogP contribution in [0.15, 0.2) is 11.5 Å². The van der Waals surface area contributed by atoms with Crippen molar-refractivity contribution < 1.29 is 38.8 Å². The number of allylic oxidation sites excluding steroid dienone is 1. The van der Waals surface area contributed by atoms with Gasteiger partial charge in [-0.2, -0.15) is 0 Å². The molecule has 12 atom stereocenters. The van der Waals surface area contributed by atoms with E-state index in [1.165, 1.54) is 14.2 Å². The lowest BCUT2D eigenvalue weighted by Gasteiger charge is -2.53. The third kappa shape index (κ3) is 4.68. The topological polar surface area (TPSA) is 195 Å². The molecule has 0 bridgehead atoms.